The van der Waals surface area contributed by atoms with E-state index in [1.807, 2.05) is 12.1 Å². The topological polar surface area (TPSA) is 102 Å². The lowest BCUT2D eigenvalue weighted by Gasteiger charge is -2.10. The molecule has 0 fully saturated rings. The molecule has 2 rings (SSSR count). The lowest BCUT2D eigenvalue weighted by molar-refractivity contribution is 1.13. The van der Waals surface area contributed by atoms with Crippen LogP contribution < -0.4 is 22.3 Å². The number of nitrogens with one attached hydrogen (secondary N) is 2. The number of nitrogen functional groups attached to an aromatic ring is 2. The SMILES string of the molecule is CCc1ccc(Nc2ncnc(NN)c2N)cc1. The summed E-state index contributed by atoms with van der Waals surface area (Å²) in [5, 5.41) is 3.13. The van der Waals surface area contributed by atoms with Crippen molar-refractivity contribution in [3.63, 3.8) is 0 Å². The van der Waals surface area contributed by atoms with E-state index in [2.05, 4.69) is 39.8 Å². The standard InChI is InChI=1S/C12H16N6/c1-2-8-3-5-9(6-4-8)17-11-10(13)12(18-14)16-7-15-11/h3-7H,2,13-14H2,1H3,(H2,15,16,17,18). The smallest absolute Gasteiger partial charge is 0.168 e. The van der Waals surface area contributed by atoms with Crippen molar-refractivity contribution < 1.29 is 0 Å². The van der Waals surface area contributed by atoms with Gasteiger partial charge in [0, 0.05) is 5.69 Å². The van der Waals surface area contributed by atoms with Crippen molar-refractivity contribution in [1.82, 2.24) is 9.97 Å². The minimum absolute atomic E-state index is 0.388. The van der Waals surface area contributed by atoms with Crippen LogP contribution in [-0.4, -0.2) is 9.97 Å². The molecule has 6 N–H and O–H groups in total. The number of aromatic nitrogens is 2. The highest BCUT2D eigenvalue weighted by atomic mass is 15.3. The van der Waals surface area contributed by atoms with E-state index in [0.29, 0.717) is 17.3 Å². The third kappa shape index (κ3) is 2.49. The predicted molar refractivity (Wildman–Crippen MR) is 73.4 cm³/mol. The van der Waals surface area contributed by atoms with Crippen LogP contribution in [-0.2, 0) is 6.42 Å². The molecule has 1 aromatic carbocycles. The van der Waals surface area contributed by atoms with Gasteiger partial charge in [-0.1, -0.05) is 19.1 Å². The molecule has 6 nitrogen and oxygen atoms in total. The third-order valence-electron chi connectivity index (χ3n) is 2.65. The molecular weight excluding hydrogens is 228 g/mol. The summed E-state index contributed by atoms with van der Waals surface area (Å²) in [6.07, 6.45) is 2.41. The first kappa shape index (κ1) is 12.1. The Balaban J connectivity index is 2.22. The first-order valence-electron chi connectivity index (χ1n) is 5.67. The van der Waals surface area contributed by atoms with Crippen LogP contribution >= 0.6 is 0 Å². The predicted octanol–water partition coefficient (Wildman–Crippen LogP) is 1.65. The highest BCUT2D eigenvalue weighted by molar-refractivity contribution is 5.77. The fourth-order valence-corrected chi connectivity index (χ4v) is 1.57. The number of aryl methyl sites for hydroxylation is 1. The van der Waals surface area contributed by atoms with Gasteiger partial charge in [-0.3, -0.25) is 0 Å². The molecule has 18 heavy (non-hydrogen) atoms. The molecule has 0 saturated heterocycles. The Morgan fingerprint density at radius 1 is 1.11 bits per heavy atom. The van der Waals surface area contributed by atoms with Crippen LogP contribution in [0.15, 0.2) is 30.6 Å². The summed E-state index contributed by atoms with van der Waals surface area (Å²) in [5.41, 5.74) is 10.9. The Morgan fingerprint density at radius 2 is 1.78 bits per heavy atom. The van der Waals surface area contributed by atoms with Crippen molar-refractivity contribution in [1.29, 1.82) is 0 Å². The Hall–Kier alpha value is -2.34. The molecule has 0 radical (unpaired) electrons. The van der Waals surface area contributed by atoms with Crippen LogP contribution in [0.4, 0.5) is 23.0 Å². The van der Waals surface area contributed by atoms with E-state index in [0.717, 1.165) is 12.1 Å². The minimum Gasteiger partial charge on any atom is -0.393 e. The number of hydrogen-bond donors (Lipinski definition) is 4. The largest absolute Gasteiger partial charge is 0.393 e. The Labute approximate surface area is 105 Å². The average Bonchev–Trinajstić information content (AvgIpc) is 2.42. The molecule has 94 valence electrons. The van der Waals surface area contributed by atoms with E-state index in [4.69, 9.17) is 11.6 Å². The molecule has 0 saturated carbocycles. The third-order valence-corrected chi connectivity index (χ3v) is 2.65. The van der Waals surface area contributed by atoms with E-state index in [-0.39, 0.29) is 0 Å². The van der Waals surface area contributed by atoms with Gasteiger partial charge in [-0.2, -0.15) is 0 Å². The van der Waals surface area contributed by atoms with Crippen LogP contribution in [0.1, 0.15) is 12.5 Å². The number of hydrogen-bond acceptors (Lipinski definition) is 6. The van der Waals surface area contributed by atoms with Crippen LogP contribution in [0.5, 0.6) is 0 Å². The zero-order chi connectivity index (χ0) is 13.0. The van der Waals surface area contributed by atoms with Crippen LogP contribution in [0.3, 0.4) is 0 Å². The average molecular weight is 244 g/mol. The molecule has 0 unspecified atom stereocenters. The lowest BCUT2D eigenvalue weighted by atomic mass is 10.1. The van der Waals surface area contributed by atoms with Crippen molar-refractivity contribution in [3.8, 4) is 0 Å². The van der Waals surface area contributed by atoms with Gasteiger partial charge in [-0.25, -0.2) is 15.8 Å². The molecule has 0 amide bonds. The maximum absolute atomic E-state index is 5.87. The zero-order valence-corrected chi connectivity index (χ0v) is 10.1. The van der Waals surface area contributed by atoms with Gasteiger partial charge >= 0.3 is 0 Å². The summed E-state index contributed by atoms with van der Waals surface area (Å²) < 4.78 is 0. The van der Waals surface area contributed by atoms with E-state index >= 15 is 0 Å². The Kier molecular flexibility index (Phi) is 3.59. The molecule has 0 aliphatic carbocycles. The van der Waals surface area contributed by atoms with Crippen molar-refractivity contribution in [3.05, 3.63) is 36.2 Å². The molecular formula is C12H16N6. The molecule has 0 aliphatic heterocycles. The zero-order valence-electron chi connectivity index (χ0n) is 10.1. The molecule has 0 aliphatic rings. The summed E-state index contributed by atoms with van der Waals surface area (Å²) in [6, 6.07) is 8.08. The van der Waals surface area contributed by atoms with E-state index in [9.17, 15) is 0 Å². The highest BCUT2D eigenvalue weighted by Gasteiger charge is 2.06. The quantitative estimate of drug-likeness (QED) is 0.482. The summed E-state index contributed by atoms with van der Waals surface area (Å²) in [6.45, 7) is 2.12. The molecule has 0 bridgehead atoms. The van der Waals surface area contributed by atoms with E-state index in [1.54, 1.807) is 0 Å². The molecule has 1 aromatic heterocycles. The number of nitrogens with two attached hydrogens (primary N) is 2. The fourth-order valence-electron chi connectivity index (χ4n) is 1.57. The first-order valence-corrected chi connectivity index (χ1v) is 5.67. The normalized spacial score (nSPS) is 10.1. The molecule has 1 heterocycles. The summed E-state index contributed by atoms with van der Waals surface area (Å²) in [7, 11) is 0. The number of nitrogens with zero attached hydrogens (tertiary/aromatic N) is 2. The minimum atomic E-state index is 0.388. The van der Waals surface area contributed by atoms with Gasteiger partial charge in [0.25, 0.3) is 0 Å². The first-order chi connectivity index (χ1) is 8.74. The highest BCUT2D eigenvalue weighted by Crippen LogP contribution is 2.25. The molecule has 0 spiro atoms. The molecule has 0 atom stereocenters. The number of hydrazine groups is 1. The van der Waals surface area contributed by atoms with Crippen molar-refractivity contribution >= 4 is 23.0 Å². The second kappa shape index (κ2) is 5.33. The van der Waals surface area contributed by atoms with Gasteiger partial charge in [0.15, 0.2) is 11.6 Å². The lowest BCUT2D eigenvalue weighted by Crippen LogP contribution is -2.12. The van der Waals surface area contributed by atoms with Gasteiger partial charge in [0.05, 0.1) is 0 Å². The van der Waals surface area contributed by atoms with Crippen molar-refractivity contribution in [2.24, 2.45) is 5.84 Å². The van der Waals surface area contributed by atoms with Crippen LogP contribution in [0.2, 0.25) is 0 Å². The van der Waals surface area contributed by atoms with Crippen LogP contribution in [0, 0.1) is 0 Å². The van der Waals surface area contributed by atoms with Crippen LogP contribution in [0.25, 0.3) is 0 Å². The monoisotopic (exact) mass is 244 g/mol. The van der Waals surface area contributed by atoms with E-state index < -0.39 is 0 Å². The van der Waals surface area contributed by atoms with Crippen molar-refractivity contribution in [2.75, 3.05) is 16.5 Å². The maximum atomic E-state index is 5.87. The maximum Gasteiger partial charge on any atom is 0.168 e. The Bertz CT molecular complexity index is 523. The summed E-state index contributed by atoms with van der Waals surface area (Å²) in [4.78, 5) is 8.00. The number of benzene rings is 1. The number of anilines is 4. The summed E-state index contributed by atoms with van der Waals surface area (Å²) >= 11 is 0. The van der Waals surface area contributed by atoms with Gasteiger partial charge < -0.3 is 16.5 Å². The van der Waals surface area contributed by atoms with Gasteiger partial charge in [0.2, 0.25) is 0 Å². The fraction of sp³-hybridized carbons (Fsp3) is 0.167. The molecule has 2 aromatic rings. The second-order valence-electron chi connectivity index (χ2n) is 3.80. The molecule has 6 heteroatoms. The Morgan fingerprint density at radius 3 is 2.39 bits per heavy atom. The van der Waals surface area contributed by atoms with E-state index in [1.165, 1.54) is 11.9 Å². The number of rotatable bonds is 4. The second-order valence-corrected chi connectivity index (χ2v) is 3.80. The van der Waals surface area contributed by atoms with Gasteiger partial charge in [-0.15, -0.1) is 0 Å². The van der Waals surface area contributed by atoms with Gasteiger partial charge in [0.1, 0.15) is 12.0 Å². The van der Waals surface area contributed by atoms with Gasteiger partial charge in [-0.05, 0) is 24.1 Å². The summed E-state index contributed by atoms with van der Waals surface area (Å²) in [5.74, 6) is 6.23. The van der Waals surface area contributed by atoms with Crippen molar-refractivity contribution in [2.45, 2.75) is 13.3 Å².